The molecule has 2 heterocycles. The Morgan fingerprint density at radius 2 is 1.87 bits per heavy atom. The van der Waals surface area contributed by atoms with Crippen LogP contribution in [0.4, 0.5) is 4.39 Å². The number of carbonyl (C=O) groups excluding carboxylic acids is 1. The molecule has 6 nitrogen and oxygen atoms in total. The van der Waals surface area contributed by atoms with E-state index in [0.29, 0.717) is 29.5 Å². The zero-order valence-corrected chi connectivity index (χ0v) is 18.8. The summed E-state index contributed by atoms with van der Waals surface area (Å²) in [6.45, 7) is 6.08. The number of aryl methyl sites for hydroxylation is 1. The Bertz CT molecular complexity index is 903. The van der Waals surface area contributed by atoms with Crippen LogP contribution in [0.2, 0.25) is 5.15 Å². The molecule has 168 valence electrons. The van der Waals surface area contributed by atoms with E-state index >= 15 is 0 Å². The van der Waals surface area contributed by atoms with Crippen LogP contribution in [0.3, 0.4) is 0 Å². The summed E-state index contributed by atoms with van der Waals surface area (Å²) in [7, 11) is 0. The number of carbonyl (C=O) groups is 1. The van der Waals surface area contributed by atoms with E-state index in [1.807, 2.05) is 0 Å². The monoisotopic (exact) mass is 448 g/mol. The molecule has 0 bridgehead atoms. The van der Waals surface area contributed by atoms with Gasteiger partial charge in [0.25, 0.3) is 5.91 Å². The highest BCUT2D eigenvalue weighted by Gasteiger charge is 2.39. The molecular weight excluding hydrogens is 419 g/mol. The van der Waals surface area contributed by atoms with E-state index in [4.69, 9.17) is 16.3 Å². The van der Waals surface area contributed by atoms with Crippen LogP contribution in [0, 0.1) is 12.7 Å². The van der Waals surface area contributed by atoms with E-state index < -0.39 is 0 Å². The van der Waals surface area contributed by atoms with Gasteiger partial charge in [-0.3, -0.25) is 9.69 Å². The van der Waals surface area contributed by atoms with E-state index in [1.165, 1.54) is 31.4 Å². The predicted octanol–water partition coefficient (Wildman–Crippen LogP) is 3.80. The molecule has 1 aliphatic carbocycles. The average Bonchev–Trinajstić information content (AvgIpc) is 3.07. The highest BCUT2D eigenvalue weighted by atomic mass is 35.5. The van der Waals surface area contributed by atoms with Crippen LogP contribution in [0.1, 0.15) is 53.7 Å². The summed E-state index contributed by atoms with van der Waals surface area (Å²) in [6, 6.07) is 6.19. The van der Waals surface area contributed by atoms with Crippen molar-refractivity contribution in [2.45, 2.75) is 51.1 Å². The molecule has 1 N–H and O–H groups in total. The maximum Gasteiger partial charge on any atom is 0.256 e. The van der Waals surface area contributed by atoms with Crippen LogP contribution in [0.25, 0.3) is 0 Å². The molecule has 0 atom stereocenters. The molecule has 1 saturated heterocycles. The molecule has 4 rings (SSSR count). The number of hydrogen-bond donors (Lipinski definition) is 1. The summed E-state index contributed by atoms with van der Waals surface area (Å²) in [5.74, 6) is -0.477. The molecule has 1 aromatic carbocycles. The topological polar surface area (TPSA) is 59.4 Å². The smallest absolute Gasteiger partial charge is 0.256 e. The minimum absolute atomic E-state index is 0.0117. The van der Waals surface area contributed by atoms with Gasteiger partial charge in [0.15, 0.2) is 0 Å². The van der Waals surface area contributed by atoms with Crippen LogP contribution in [-0.2, 0) is 11.3 Å². The molecule has 2 aromatic rings. The summed E-state index contributed by atoms with van der Waals surface area (Å²) in [4.78, 5) is 15.6. The number of nitrogens with one attached hydrogen (secondary N) is 1. The highest BCUT2D eigenvalue weighted by molar-refractivity contribution is 6.33. The summed E-state index contributed by atoms with van der Waals surface area (Å²) >= 11 is 6.55. The number of benzene rings is 1. The lowest BCUT2D eigenvalue weighted by atomic mass is 9.79. The first-order valence-electron chi connectivity index (χ1n) is 11.1. The van der Waals surface area contributed by atoms with E-state index in [2.05, 4.69) is 15.3 Å². The van der Waals surface area contributed by atoms with Crippen LogP contribution in [0.15, 0.2) is 24.3 Å². The van der Waals surface area contributed by atoms with Gasteiger partial charge >= 0.3 is 0 Å². The number of amides is 1. The second-order valence-corrected chi connectivity index (χ2v) is 8.96. The number of morpholine rings is 1. The molecule has 0 spiro atoms. The van der Waals surface area contributed by atoms with Crippen molar-refractivity contribution in [2.75, 3.05) is 32.8 Å². The van der Waals surface area contributed by atoms with E-state index in [-0.39, 0.29) is 17.3 Å². The molecule has 2 fully saturated rings. The lowest BCUT2D eigenvalue weighted by molar-refractivity contribution is -0.0361. The minimum atomic E-state index is -0.288. The fraction of sp³-hybridized carbons (Fsp3) is 0.565. The summed E-state index contributed by atoms with van der Waals surface area (Å²) in [5.41, 5.74) is 1.86. The molecule has 1 aliphatic heterocycles. The van der Waals surface area contributed by atoms with Gasteiger partial charge in [0, 0.05) is 25.2 Å². The highest BCUT2D eigenvalue weighted by Crippen LogP contribution is 2.34. The summed E-state index contributed by atoms with van der Waals surface area (Å²) in [5, 5.41) is 7.93. The van der Waals surface area contributed by atoms with Crippen molar-refractivity contribution in [3.8, 4) is 0 Å². The second-order valence-electron chi connectivity index (χ2n) is 8.60. The molecular formula is C23H30ClFN4O2. The molecule has 1 saturated carbocycles. The van der Waals surface area contributed by atoms with E-state index in [9.17, 15) is 9.18 Å². The third-order valence-corrected chi connectivity index (χ3v) is 6.97. The number of aromatic nitrogens is 2. The molecule has 2 aliphatic rings. The normalized spacial score (nSPS) is 19.3. The first kappa shape index (κ1) is 22.2. The SMILES string of the molecule is Cc1nn(Cc2ccc(F)cc2)c(Cl)c1C(=O)NCC1(N2CCOCC2)CCCCC1. The van der Waals surface area contributed by atoms with Crippen LogP contribution < -0.4 is 5.32 Å². The molecule has 31 heavy (non-hydrogen) atoms. The summed E-state index contributed by atoms with van der Waals surface area (Å²) < 4.78 is 20.3. The van der Waals surface area contributed by atoms with Crippen molar-refractivity contribution in [1.29, 1.82) is 0 Å². The van der Waals surface area contributed by atoms with Crippen molar-refractivity contribution < 1.29 is 13.9 Å². The average molecular weight is 449 g/mol. The second kappa shape index (κ2) is 9.67. The molecule has 0 radical (unpaired) electrons. The number of rotatable bonds is 6. The zero-order chi connectivity index (χ0) is 21.8. The van der Waals surface area contributed by atoms with Gasteiger partial charge in [-0.25, -0.2) is 9.07 Å². The van der Waals surface area contributed by atoms with Gasteiger partial charge in [-0.2, -0.15) is 5.10 Å². The maximum atomic E-state index is 13.2. The lowest BCUT2D eigenvalue weighted by Gasteiger charge is -2.48. The van der Waals surface area contributed by atoms with Gasteiger partial charge in [-0.05, 0) is 37.5 Å². The Balaban J connectivity index is 1.47. The maximum absolute atomic E-state index is 13.2. The predicted molar refractivity (Wildman–Crippen MR) is 118 cm³/mol. The van der Waals surface area contributed by atoms with E-state index in [1.54, 1.807) is 23.7 Å². The van der Waals surface area contributed by atoms with Crippen molar-refractivity contribution in [1.82, 2.24) is 20.0 Å². The van der Waals surface area contributed by atoms with E-state index in [0.717, 1.165) is 44.7 Å². The number of halogens is 2. The van der Waals surface area contributed by atoms with Crippen molar-refractivity contribution in [2.24, 2.45) is 0 Å². The van der Waals surface area contributed by atoms with Crippen molar-refractivity contribution in [3.05, 3.63) is 52.1 Å². The molecule has 1 aromatic heterocycles. The molecule has 8 heteroatoms. The first-order chi connectivity index (χ1) is 15.0. The Morgan fingerprint density at radius 1 is 1.19 bits per heavy atom. The quantitative estimate of drug-likeness (QED) is 0.730. The fourth-order valence-electron chi connectivity index (χ4n) is 4.86. The molecule has 1 amide bonds. The standard InChI is InChI=1S/C23H30ClFN4O2/c1-17-20(21(24)29(27-17)15-18-5-7-19(25)8-6-18)22(30)26-16-23(9-3-2-4-10-23)28-11-13-31-14-12-28/h5-8H,2-4,9-16H2,1H3,(H,26,30). The van der Waals surface area contributed by atoms with Gasteiger partial charge in [-0.1, -0.05) is 43.0 Å². The third kappa shape index (κ3) is 4.94. The van der Waals surface area contributed by atoms with Crippen molar-refractivity contribution in [3.63, 3.8) is 0 Å². The first-order valence-corrected chi connectivity index (χ1v) is 11.4. The summed E-state index contributed by atoms with van der Waals surface area (Å²) in [6.07, 6.45) is 5.79. The van der Waals surface area contributed by atoms with Crippen molar-refractivity contribution >= 4 is 17.5 Å². The number of nitrogens with zero attached hydrogens (tertiary/aromatic N) is 3. The molecule has 0 unspecified atom stereocenters. The van der Waals surface area contributed by atoms with Gasteiger partial charge in [0.05, 0.1) is 31.0 Å². The third-order valence-electron chi connectivity index (χ3n) is 6.58. The minimum Gasteiger partial charge on any atom is -0.379 e. The van der Waals surface area contributed by atoms with Gasteiger partial charge in [-0.15, -0.1) is 0 Å². The number of hydrogen-bond acceptors (Lipinski definition) is 4. The van der Waals surface area contributed by atoms with Crippen LogP contribution in [0.5, 0.6) is 0 Å². The Morgan fingerprint density at radius 3 is 2.55 bits per heavy atom. The Kier molecular flexibility index (Phi) is 6.94. The lowest BCUT2D eigenvalue weighted by Crippen LogP contribution is -2.59. The van der Waals surface area contributed by atoms with Gasteiger partial charge in [0.2, 0.25) is 0 Å². The van der Waals surface area contributed by atoms with Crippen LogP contribution in [-0.4, -0.2) is 59.0 Å². The largest absolute Gasteiger partial charge is 0.379 e. The Hall–Kier alpha value is -1.96. The van der Waals surface area contributed by atoms with Gasteiger partial charge < -0.3 is 10.1 Å². The number of ether oxygens (including phenoxy) is 1. The van der Waals surface area contributed by atoms with Crippen LogP contribution >= 0.6 is 11.6 Å². The zero-order valence-electron chi connectivity index (χ0n) is 18.0. The van der Waals surface area contributed by atoms with Gasteiger partial charge in [0.1, 0.15) is 11.0 Å². The Labute approximate surface area is 187 Å². The fourth-order valence-corrected chi connectivity index (χ4v) is 5.18.